The van der Waals surface area contributed by atoms with Crippen LogP contribution in [0.15, 0.2) is 59.5 Å². The molecule has 5 nitrogen and oxygen atoms in total. The van der Waals surface area contributed by atoms with Crippen LogP contribution in [0.25, 0.3) is 10.8 Å². The first-order valence-corrected chi connectivity index (χ1v) is 12.7. The predicted molar refractivity (Wildman–Crippen MR) is 127 cm³/mol. The van der Waals surface area contributed by atoms with Crippen molar-refractivity contribution >= 4 is 32.4 Å². The van der Waals surface area contributed by atoms with Gasteiger partial charge in [0.2, 0.25) is 10.0 Å². The van der Waals surface area contributed by atoms with Gasteiger partial charge in [0.25, 0.3) is 5.91 Å². The Kier molecular flexibility index (Phi) is 5.30. The number of hydrogen-bond donors (Lipinski definition) is 1. The van der Waals surface area contributed by atoms with E-state index in [1.54, 1.807) is 28.6 Å². The van der Waals surface area contributed by atoms with Crippen LogP contribution in [0, 0.1) is 11.8 Å². The number of aryl methyl sites for hydroxylation is 2. The molecule has 1 aliphatic carbocycles. The SMILES string of the molecule is CC1CC(C)CN(S(=O)(=O)c2ccc(C(=O)Nc3ccc4c5c(cccc35)CC4)cc2)C1. The number of sulfonamides is 1. The second-order valence-electron chi connectivity index (χ2n) is 9.36. The molecule has 1 heterocycles. The van der Waals surface area contributed by atoms with Crippen LogP contribution in [0.1, 0.15) is 41.8 Å². The van der Waals surface area contributed by atoms with E-state index in [4.69, 9.17) is 0 Å². The van der Waals surface area contributed by atoms with Crippen LogP contribution in [0.2, 0.25) is 0 Å². The highest BCUT2D eigenvalue weighted by atomic mass is 32.2. The van der Waals surface area contributed by atoms with Gasteiger partial charge in [0.15, 0.2) is 0 Å². The summed E-state index contributed by atoms with van der Waals surface area (Å²) in [5, 5.41) is 5.32. The zero-order valence-corrected chi connectivity index (χ0v) is 19.3. The van der Waals surface area contributed by atoms with E-state index >= 15 is 0 Å². The first-order valence-electron chi connectivity index (χ1n) is 11.3. The number of piperidine rings is 1. The number of hydrogen-bond acceptors (Lipinski definition) is 3. The Morgan fingerprint density at radius 2 is 1.56 bits per heavy atom. The number of nitrogens with zero attached hydrogens (tertiary/aromatic N) is 1. The van der Waals surface area contributed by atoms with Crippen LogP contribution < -0.4 is 5.32 Å². The van der Waals surface area contributed by atoms with E-state index in [1.807, 2.05) is 18.2 Å². The molecule has 1 amide bonds. The van der Waals surface area contributed by atoms with Crippen LogP contribution >= 0.6 is 0 Å². The Bertz CT molecular complexity index is 1280. The number of carbonyl (C=O) groups is 1. The van der Waals surface area contributed by atoms with Gasteiger partial charge < -0.3 is 5.32 Å². The minimum Gasteiger partial charge on any atom is -0.321 e. The van der Waals surface area contributed by atoms with Gasteiger partial charge in [0.1, 0.15) is 0 Å². The lowest BCUT2D eigenvalue weighted by molar-refractivity contribution is 0.102. The summed E-state index contributed by atoms with van der Waals surface area (Å²) < 4.78 is 27.8. The van der Waals surface area contributed by atoms with Gasteiger partial charge in [-0.2, -0.15) is 4.31 Å². The Labute approximate surface area is 189 Å². The van der Waals surface area contributed by atoms with E-state index in [-0.39, 0.29) is 10.8 Å². The van der Waals surface area contributed by atoms with Crippen LogP contribution in [-0.4, -0.2) is 31.7 Å². The first-order chi connectivity index (χ1) is 15.3. The summed E-state index contributed by atoms with van der Waals surface area (Å²) in [7, 11) is -3.56. The van der Waals surface area contributed by atoms with Crippen molar-refractivity contribution in [3.8, 4) is 0 Å². The molecule has 2 atom stereocenters. The topological polar surface area (TPSA) is 66.5 Å². The van der Waals surface area contributed by atoms with Crippen molar-refractivity contribution < 1.29 is 13.2 Å². The maximum atomic E-state index is 13.1. The molecule has 6 heteroatoms. The van der Waals surface area contributed by atoms with Gasteiger partial charge in [0, 0.05) is 29.7 Å². The molecule has 2 unspecified atom stereocenters. The molecular formula is C26H28N2O3S. The number of anilines is 1. The minimum absolute atomic E-state index is 0.237. The molecule has 3 aromatic carbocycles. The fraction of sp³-hybridized carbons (Fsp3) is 0.346. The van der Waals surface area contributed by atoms with Crippen molar-refractivity contribution in [2.45, 2.75) is 38.0 Å². The van der Waals surface area contributed by atoms with Crippen molar-refractivity contribution in [1.29, 1.82) is 0 Å². The highest BCUT2D eigenvalue weighted by molar-refractivity contribution is 7.89. The van der Waals surface area contributed by atoms with Gasteiger partial charge in [-0.15, -0.1) is 0 Å². The van der Waals surface area contributed by atoms with E-state index in [2.05, 4.69) is 31.3 Å². The number of carbonyl (C=O) groups excluding carboxylic acids is 1. The Hall–Kier alpha value is -2.70. The molecule has 0 radical (unpaired) electrons. The molecular weight excluding hydrogens is 420 g/mol. The summed E-state index contributed by atoms with van der Waals surface area (Å²) >= 11 is 0. The van der Waals surface area contributed by atoms with Gasteiger partial charge in [-0.3, -0.25) is 4.79 Å². The Balaban J connectivity index is 1.37. The van der Waals surface area contributed by atoms with Gasteiger partial charge >= 0.3 is 0 Å². The summed E-state index contributed by atoms with van der Waals surface area (Å²) in [6.45, 7) is 5.26. The van der Waals surface area contributed by atoms with Crippen LogP contribution in [0.3, 0.4) is 0 Å². The molecule has 0 bridgehead atoms. The van der Waals surface area contributed by atoms with E-state index in [0.717, 1.165) is 30.3 Å². The van der Waals surface area contributed by atoms with E-state index in [9.17, 15) is 13.2 Å². The molecule has 1 fully saturated rings. The fourth-order valence-electron chi connectivity index (χ4n) is 5.28. The zero-order valence-electron chi connectivity index (χ0n) is 18.5. The van der Waals surface area contributed by atoms with Gasteiger partial charge in [0.05, 0.1) is 4.90 Å². The highest BCUT2D eigenvalue weighted by Crippen LogP contribution is 2.35. The lowest BCUT2D eigenvalue weighted by Gasteiger charge is -2.34. The van der Waals surface area contributed by atoms with E-state index in [0.29, 0.717) is 30.5 Å². The number of amides is 1. The number of rotatable bonds is 4. The second-order valence-corrected chi connectivity index (χ2v) is 11.3. The summed E-state index contributed by atoms with van der Waals surface area (Å²) in [6.07, 6.45) is 3.12. The Morgan fingerprint density at radius 3 is 2.25 bits per heavy atom. The summed E-state index contributed by atoms with van der Waals surface area (Å²) in [4.78, 5) is 13.2. The molecule has 1 aliphatic heterocycles. The third-order valence-electron chi connectivity index (χ3n) is 6.71. The van der Waals surface area contributed by atoms with Gasteiger partial charge in [-0.05, 0) is 77.9 Å². The van der Waals surface area contributed by atoms with E-state index in [1.165, 1.54) is 16.5 Å². The maximum absolute atomic E-state index is 13.1. The van der Waals surface area contributed by atoms with Crippen molar-refractivity contribution in [3.05, 3.63) is 71.3 Å². The third kappa shape index (κ3) is 3.71. The molecule has 32 heavy (non-hydrogen) atoms. The van der Waals surface area contributed by atoms with Gasteiger partial charge in [-0.25, -0.2) is 8.42 Å². The van der Waals surface area contributed by atoms with Crippen molar-refractivity contribution in [2.24, 2.45) is 11.8 Å². The molecule has 1 N–H and O–H groups in total. The first kappa shape index (κ1) is 21.2. The van der Waals surface area contributed by atoms with Crippen molar-refractivity contribution in [3.63, 3.8) is 0 Å². The number of benzene rings is 3. The Morgan fingerprint density at radius 1 is 0.906 bits per heavy atom. The van der Waals surface area contributed by atoms with Gasteiger partial charge in [-0.1, -0.05) is 38.1 Å². The molecule has 0 saturated carbocycles. The summed E-state index contributed by atoms with van der Waals surface area (Å²) in [5.74, 6) is 0.445. The smallest absolute Gasteiger partial charge is 0.255 e. The standard InChI is InChI=1S/C26H28N2O3S/c1-17-14-18(2)16-28(15-17)32(30,31)22-11-8-21(9-12-22)26(29)27-24-13-10-20-7-6-19-4-3-5-23(24)25(19)20/h3-5,8-13,17-18H,6-7,14-16H2,1-2H3,(H,27,29). The maximum Gasteiger partial charge on any atom is 0.255 e. The van der Waals surface area contributed by atoms with Crippen LogP contribution in [0.5, 0.6) is 0 Å². The molecule has 3 aromatic rings. The quantitative estimate of drug-likeness (QED) is 0.620. The van der Waals surface area contributed by atoms with Crippen LogP contribution in [-0.2, 0) is 22.9 Å². The summed E-state index contributed by atoms with van der Waals surface area (Å²) in [6, 6.07) is 16.5. The normalized spacial score (nSPS) is 21.1. The largest absolute Gasteiger partial charge is 0.321 e. The van der Waals surface area contributed by atoms with Crippen molar-refractivity contribution in [2.75, 3.05) is 18.4 Å². The lowest BCUT2D eigenvalue weighted by atomic mass is 9.94. The molecule has 5 rings (SSSR count). The van der Waals surface area contributed by atoms with E-state index < -0.39 is 10.0 Å². The number of nitrogens with one attached hydrogen (secondary N) is 1. The zero-order chi connectivity index (χ0) is 22.5. The lowest BCUT2D eigenvalue weighted by Crippen LogP contribution is -2.42. The predicted octanol–water partition coefficient (Wildman–Crippen LogP) is 4.86. The minimum atomic E-state index is -3.56. The highest BCUT2D eigenvalue weighted by Gasteiger charge is 2.31. The average Bonchev–Trinajstić information content (AvgIpc) is 3.20. The van der Waals surface area contributed by atoms with Crippen LogP contribution in [0.4, 0.5) is 5.69 Å². The molecule has 1 saturated heterocycles. The monoisotopic (exact) mass is 448 g/mol. The third-order valence-corrected chi connectivity index (χ3v) is 8.56. The average molecular weight is 449 g/mol. The molecule has 0 spiro atoms. The second kappa shape index (κ2) is 8.01. The molecule has 166 valence electrons. The van der Waals surface area contributed by atoms with Crippen molar-refractivity contribution in [1.82, 2.24) is 4.31 Å². The fourth-order valence-corrected chi connectivity index (χ4v) is 6.96. The molecule has 0 aromatic heterocycles. The molecule has 2 aliphatic rings. The summed E-state index contributed by atoms with van der Waals surface area (Å²) in [5.41, 5.74) is 3.87.